The van der Waals surface area contributed by atoms with Crippen molar-refractivity contribution in [2.45, 2.75) is 50.2 Å². The molecule has 0 amide bonds. The van der Waals surface area contributed by atoms with Crippen LogP contribution in [-0.2, 0) is 4.74 Å². The van der Waals surface area contributed by atoms with Crippen molar-refractivity contribution in [3.63, 3.8) is 0 Å². The minimum atomic E-state index is -0.287. The molecule has 3 N–H and O–H groups in total. The lowest BCUT2D eigenvalue weighted by molar-refractivity contribution is 0.129. The molecule has 3 atom stereocenters. The van der Waals surface area contributed by atoms with E-state index in [0.717, 1.165) is 31.0 Å². The fourth-order valence-corrected chi connectivity index (χ4v) is 4.17. The van der Waals surface area contributed by atoms with Gasteiger partial charge in [0.2, 0.25) is 0 Å². The molecular formula is C13H25NO2S. The molecule has 0 aromatic carbocycles. The van der Waals surface area contributed by atoms with Crippen LogP contribution in [0.25, 0.3) is 0 Å². The van der Waals surface area contributed by atoms with Gasteiger partial charge < -0.3 is 15.6 Å². The first-order valence-electron chi connectivity index (χ1n) is 6.84. The van der Waals surface area contributed by atoms with E-state index in [4.69, 9.17) is 10.5 Å². The van der Waals surface area contributed by atoms with Crippen molar-refractivity contribution in [1.29, 1.82) is 0 Å². The van der Waals surface area contributed by atoms with Gasteiger partial charge in [0.1, 0.15) is 0 Å². The highest BCUT2D eigenvalue weighted by Crippen LogP contribution is 2.36. The summed E-state index contributed by atoms with van der Waals surface area (Å²) in [6.07, 6.45) is 7.46. The highest BCUT2D eigenvalue weighted by Gasteiger charge is 2.38. The molecule has 0 aromatic rings. The topological polar surface area (TPSA) is 55.5 Å². The second kappa shape index (κ2) is 6.41. The van der Waals surface area contributed by atoms with E-state index in [1.165, 1.54) is 25.7 Å². The molecule has 0 aromatic heterocycles. The third kappa shape index (κ3) is 3.60. The van der Waals surface area contributed by atoms with Gasteiger partial charge >= 0.3 is 0 Å². The van der Waals surface area contributed by atoms with E-state index in [-0.39, 0.29) is 12.1 Å². The number of thioether (sulfide) groups is 1. The quantitative estimate of drug-likeness (QED) is 0.714. The molecule has 1 aliphatic carbocycles. The number of hydrogen-bond donors (Lipinski definition) is 2. The Labute approximate surface area is 108 Å². The Kier molecular flexibility index (Phi) is 5.15. The summed E-state index contributed by atoms with van der Waals surface area (Å²) in [4.78, 5) is 0. The molecule has 0 bridgehead atoms. The molecule has 1 saturated heterocycles. The highest BCUT2D eigenvalue weighted by molar-refractivity contribution is 7.99. The number of aliphatic hydroxyl groups is 1. The Bertz CT molecular complexity index is 233. The molecule has 0 radical (unpaired) electrons. The molecule has 100 valence electrons. The molecule has 4 heteroatoms. The van der Waals surface area contributed by atoms with Crippen LogP contribution in [0.4, 0.5) is 0 Å². The van der Waals surface area contributed by atoms with Crippen LogP contribution in [-0.4, -0.2) is 41.5 Å². The molecular weight excluding hydrogens is 234 g/mol. The van der Waals surface area contributed by atoms with Gasteiger partial charge in [-0.05, 0) is 43.8 Å². The summed E-state index contributed by atoms with van der Waals surface area (Å²) >= 11 is 1.99. The SMILES string of the molecule is NC1(CO)CCCC1CCSCC1CCCO1. The Balaban J connectivity index is 1.61. The molecule has 1 heterocycles. The van der Waals surface area contributed by atoms with Crippen LogP contribution in [0.5, 0.6) is 0 Å². The van der Waals surface area contributed by atoms with Crippen molar-refractivity contribution < 1.29 is 9.84 Å². The van der Waals surface area contributed by atoms with Crippen molar-refractivity contribution in [1.82, 2.24) is 0 Å². The number of ether oxygens (including phenoxy) is 1. The summed E-state index contributed by atoms with van der Waals surface area (Å²) < 4.78 is 5.60. The van der Waals surface area contributed by atoms with Gasteiger partial charge in [-0.3, -0.25) is 0 Å². The van der Waals surface area contributed by atoms with Crippen LogP contribution in [0.15, 0.2) is 0 Å². The van der Waals surface area contributed by atoms with Gasteiger partial charge in [-0.15, -0.1) is 0 Å². The van der Waals surface area contributed by atoms with Crippen LogP contribution < -0.4 is 5.73 Å². The van der Waals surface area contributed by atoms with E-state index in [2.05, 4.69) is 0 Å². The van der Waals surface area contributed by atoms with Gasteiger partial charge in [-0.25, -0.2) is 0 Å². The van der Waals surface area contributed by atoms with Crippen molar-refractivity contribution in [3.05, 3.63) is 0 Å². The summed E-state index contributed by atoms with van der Waals surface area (Å²) in [5.41, 5.74) is 5.94. The van der Waals surface area contributed by atoms with Crippen molar-refractivity contribution in [2.24, 2.45) is 11.7 Å². The van der Waals surface area contributed by atoms with E-state index >= 15 is 0 Å². The Morgan fingerprint density at radius 3 is 2.94 bits per heavy atom. The fourth-order valence-electron chi connectivity index (χ4n) is 3.03. The first kappa shape index (κ1) is 13.7. The first-order valence-corrected chi connectivity index (χ1v) is 7.99. The number of aliphatic hydroxyl groups excluding tert-OH is 1. The van der Waals surface area contributed by atoms with E-state index in [0.29, 0.717) is 12.0 Å². The molecule has 1 aliphatic heterocycles. The third-order valence-corrected chi connectivity index (χ3v) is 5.37. The zero-order valence-electron chi connectivity index (χ0n) is 10.6. The van der Waals surface area contributed by atoms with E-state index in [9.17, 15) is 5.11 Å². The lowest BCUT2D eigenvalue weighted by atomic mass is 9.87. The van der Waals surface area contributed by atoms with Crippen molar-refractivity contribution in [2.75, 3.05) is 24.7 Å². The average molecular weight is 259 g/mol. The lowest BCUT2D eigenvalue weighted by Crippen LogP contribution is -2.47. The Hall–Kier alpha value is 0.230. The molecule has 2 fully saturated rings. The number of hydrogen-bond acceptors (Lipinski definition) is 4. The van der Waals surface area contributed by atoms with Crippen LogP contribution in [0.3, 0.4) is 0 Å². The van der Waals surface area contributed by atoms with Gasteiger partial charge in [0.05, 0.1) is 12.7 Å². The van der Waals surface area contributed by atoms with Crippen LogP contribution in [0.2, 0.25) is 0 Å². The smallest absolute Gasteiger partial charge is 0.0666 e. The number of rotatable bonds is 6. The van der Waals surface area contributed by atoms with E-state index < -0.39 is 0 Å². The second-order valence-corrected chi connectivity index (χ2v) is 6.63. The highest BCUT2D eigenvalue weighted by atomic mass is 32.2. The molecule has 0 spiro atoms. The predicted octanol–water partition coefficient (Wildman–Crippen LogP) is 1.78. The zero-order chi connectivity index (χ0) is 12.1. The first-order chi connectivity index (χ1) is 8.24. The Morgan fingerprint density at radius 2 is 2.24 bits per heavy atom. The van der Waals surface area contributed by atoms with E-state index in [1.54, 1.807) is 0 Å². The molecule has 1 saturated carbocycles. The third-order valence-electron chi connectivity index (χ3n) is 4.24. The predicted molar refractivity (Wildman–Crippen MR) is 72.3 cm³/mol. The normalized spacial score (nSPS) is 37.8. The van der Waals surface area contributed by atoms with Crippen molar-refractivity contribution >= 4 is 11.8 Å². The molecule has 3 unspecified atom stereocenters. The monoisotopic (exact) mass is 259 g/mol. The van der Waals surface area contributed by atoms with Crippen LogP contribution >= 0.6 is 11.8 Å². The molecule has 17 heavy (non-hydrogen) atoms. The van der Waals surface area contributed by atoms with Crippen LogP contribution in [0, 0.1) is 5.92 Å². The average Bonchev–Trinajstić information content (AvgIpc) is 2.95. The summed E-state index contributed by atoms with van der Waals surface area (Å²) in [7, 11) is 0. The minimum absolute atomic E-state index is 0.147. The standard InChI is InChI=1S/C13H25NO2S/c14-13(10-15)6-1-3-11(13)5-8-17-9-12-4-2-7-16-12/h11-12,15H,1-10,14H2. The maximum Gasteiger partial charge on any atom is 0.0666 e. The molecule has 2 aliphatic rings. The van der Waals surface area contributed by atoms with Gasteiger partial charge in [0, 0.05) is 17.9 Å². The maximum absolute atomic E-state index is 9.37. The zero-order valence-corrected chi connectivity index (χ0v) is 11.4. The summed E-state index contributed by atoms with van der Waals surface area (Å²) in [5, 5.41) is 9.37. The molecule has 3 nitrogen and oxygen atoms in total. The second-order valence-electron chi connectivity index (χ2n) is 5.48. The van der Waals surface area contributed by atoms with E-state index in [1.807, 2.05) is 11.8 Å². The lowest BCUT2D eigenvalue weighted by Gasteiger charge is -2.29. The summed E-state index contributed by atoms with van der Waals surface area (Å²) in [5.74, 6) is 2.80. The maximum atomic E-state index is 9.37. The van der Waals surface area contributed by atoms with Gasteiger partial charge in [0.25, 0.3) is 0 Å². The van der Waals surface area contributed by atoms with Crippen LogP contribution in [0.1, 0.15) is 38.5 Å². The molecule has 2 rings (SSSR count). The van der Waals surface area contributed by atoms with Gasteiger partial charge in [-0.2, -0.15) is 11.8 Å². The fraction of sp³-hybridized carbons (Fsp3) is 1.00. The summed E-state index contributed by atoms with van der Waals surface area (Å²) in [6.45, 7) is 1.10. The van der Waals surface area contributed by atoms with Crippen molar-refractivity contribution in [3.8, 4) is 0 Å². The summed E-state index contributed by atoms with van der Waals surface area (Å²) in [6, 6.07) is 0. The number of nitrogens with two attached hydrogens (primary N) is 1. The Morgan fingerprint density at radius 1 is 1.35 bits per heavy atom. The van der Waals surface area contributed by atoms with Gasteiger partial charge in [0.15, 0.2) is 0 Å². The largest absolute Gasteiger partial charge is 0.394 e. The van der Waals surface area contributed by atoms with Gasteiger partial charge in [-0.1, -0.05) is 6.42 Å². The minimum Gasteiger partial charge on any atom is -0.394 e.